The fourth-order valence-electron chi connectivity index (χ4n) is 3.39. The average molecular weight is 433 g/mol. The summed E-state index contributed by atoms with van der Waals surface area (Å²) in [6.45, 7) is 5.86. The van der Waals surface area contributed by atoms with E-state index in [2.05, 4.69) is 10.6 Å². The quantitative estimate of drug-likeness (QED) is 0.461. The van der Waals surface area contributed by atoms with Gasteiger partial charge in [0.1, 0.15) is 11.7 Å². The van der Waals surface area contributed by atoms with Crippen LogP contribution in [0.5, 0.6) is 0 Å². The van der Waals surface area contributed by atoms with E-state index in [0.29, 0.717) is 10.6 Å². The predicted octanol–water partition coefficient (Wildman–Crippen LogP) is 4.76. The highest BCUT2D eigenvalue weighted by Crippen LogP contribution is 2.23. The van der Waals surface area contributed by atoms with Gasteiger partial charge in [0.25, 0.3) is 5.91 Å². The van der Waals surface area contributed by atoms with Gasteiger partial charge in [0.2, 0.25) is 5.91 Å². The number of fused-ring (bicyclic) bond motifs is 1. The van der Waals surface area contributed by atoms with Crippen LogP contribution in [-0.2, 0) is 4.79 Å². The van der Waals surface area contributed by atoms with Gasteiger partial charge in [0.15, 0.2) is 0 Å². The molecule has 7 heteroatoms. The highest BCUT2D eigenvalue weighted by atomic mass is 32.1. The standard InChI is InChI=1S/C24H24N4O2S/c1-15(2)21(27-23(29)20-7-5-13-31-20)24(30)25-18-10-8-17(9-11-18)19-14-28-12-4-6-16(3)22(28)26-19/h4-15,21H,1-3H3,(H,25,30)(H,27,29). The van der Waals surface area contributed by atoms with Gasteiger partial charge in [0.05, 0.1) is 10.6 Å². The number of aromatic nitrogens is 2. The number of pyridine rings is 1. The van der Waals surface area contributed by atoms with Crippen LogP contribution in [0.2, 0.25) is 0 Å². The molecule has 0 aliphatic heterocycles. The minimum atomic E-state index is -0.629. The van der Waals surface area contributed by atoms with E-state index < -0.39 is 6.04 Å². The summed E-state index contributed by atoms with van der Waals surface area (Å²) in [5.41, 5.74) is 4.55. The van der Waals surface area contributed by atoms with Gasteiger partial charge in [-0.1, -0.05) is 38.1 Å². The zero-order valence-corrected chi connectivity index (χ0v) is 18.4. The molecule has 2 amide bonds. The van der Waals surface area contributed by atoms with Crippen LogP contribution in [-0.4, -0.2) is 27.2 Å². The molecule has 3 heterocycles. The first-order valence-electron chi connectivity index (χ1n) is 10.1. The first-order chi connectivity index (χ1) is 14.9. The highest BCUT2D eigenvalue weighted by Gasteiger charge is 2.25. The van der Waals surface area contributed by atoms with Crippen LogP contribution in [0.3, 0.4) is 0 Å². The summed E-state index contributed by atoms with van der Waals surface area (Å²) in [6, 6.07) is 14.5. The zero-order chi connectivity index (χ0) is 22.0. The fraction of sp³-hybridized carbons (Fsp3) is 0.208. The molecule has 1 atom stereocenters. The highest BCUT2D eigenvalue weighted by molar-refractivity contribution is 7.12. The van der Waals surface area contributed by atoms with Crippen LogP contribution in [0.25, 0.3) is 16.9 Å². The van der Waals surface area contributed by atoms with Crippen LogP contribution in [0.4, 0.5) is 5.69 Å². The monoisotopic (exact) mass is 432 g/mol. The topological polar surface area (TPSA) is 75.5 Å². The molecule has 1 aromatic carbocycles. The Kier molecular flexibility index (Phi) is 5.86. The van der Waals surface area contributed by atoms with Gasteiger partial charge in [-0.3, -0.25) is 9.59 Å². The summed E-state index contributed by atoms with van der Waals surface area (Å²) in [5, 5.41) is 7.59. The maximum atomic E-state index is 12.8. The lowest BCUT2D eigenvalue weighted by Crippen LogP contribution is -2.46. The zero-order valence-electron chi connectivity index (χ0n) is 17.6. The second-order valence-corrected chi connectivity index (χ2v) is 8.73. The number of carbonyl (C=O) groups excluding carboxylic acids is 2. The molecule has 3 aromatic heterocycles. The number of hydrogen-bond acceptors (Lipinski definition) is 4. The van der Waals surface area contributed by atoms with E-state index in [4.69, 9.17) is 4.98 Å². The number of amides is 2. The average Bonchev–Trinajstić information content (AvgIpc) is 3.43. The van der Waals surface area contributed by atoms with Crippen molar-refractivity contribution < 1.29 is 9.59 Å². The Morgan fingerprint density at radius 2 is 1.84 bits per heavy atom. The lowest BCUT2D eigenvalue weighted by molar-refractivity contribution is -0.118. The van der Waals surface area contributed by atoms with Crippen molar-refractivity contribution in [2.75, 3.05) is 5.32 Å². The minimum Gasteiger partial charge on any atom is -0.339 e. The van der Waals surface area contributed by atoms with E-state index in [1.807, 2.05) is 85.4 Å². The summed E-state index contributed by atoms with van der Waals surface area (Å²) < 4.78 is 2.00. The molecule has 4 aromatic rings. The van der Waals surface area contributed by atoms with Crippen molar-refractivity contribution in [3.63, 3.8) is 0 Å². The van der Waals surface area contributed by atoms with E-state index in [-0.39, 0.29) is 17.7 Å². The molecule has 0 fully saturated rings. The molecule has 2 N–H and O–H groups in total. The number of benzene rings is 1. The van der Waals surface area contributed by atoms with Gasteiger partial charge in [-0.15, -0.1) is 11.3 Å². The van der Waals surface area contributed by atoms with Crippen LogP contribution < -0.4 is 10.6 Å². The third kappa shape index (κ3) is 4.51. The number of thiophene rings is 1. The molecular formula is C24H24N4O2S. The third-order valence-corrected chi connectivity index (χ3v) is 5.98. The Hall–Kier alpha value is -3.45. The lowest BCUT2D eigenvalue weighted by atomic mass is 10.0. The van der Waals surface area contributed by atoms with Crippen molar-refractivity contribution >= 4 is 34.5 Å². The maximum absolute atomic E-state index is 12.8. The molecule has 0 saturated carbocycles. The van der Waals surface area contributed by atoms with E-state index in [0.717, 1.165) is 22.5 Å². The number of hydrogen-bond donors (Lipinski definition) is 2. The Morgan fingerprint density at radius 1 is 1.06 bits per heavy atom. The normalized spacial score (nSPS) is 12.1. The Labute approximate surface area is 185 Å². The number of aryl methyl sites for hydroxylation is 1. The molecule has 6 nitrogen and oxygen atoms in total. The maximum Gasteiger partial charge on any atom is 0.262 e. The van der Waals surface area contributed by atoms with Gasteiger partial charge < -0.3 is 15.0 Å². The summed E-state index contributed by atoms with van der Waals surface area (Å²) in [5.74, 6) is -0.526. The van der Waals surface area contributed by atoms with Crippen molar-refractivity contribution in [3.8, 4) is 11.3 Å². The first-order valence-corrected chi connectivity index (χ1v) is 11.0. The summed E-state index contributed by atoms with van der Waals surface area (Å²) in [4.78, 5) is 30.5. The van der Waals surface area contributed by atoms with E-state index in [1.165, 1.54) is 11.3 Å². The van der Waals surface area contributed by atoms with Crippen molar-refractivity contribution in [2.24, 2.45) is 5.92 Å². The molecule has 0 bridgehead atoms. The van der Waals surface area contributed by atoms with Gasteiger partial charge in [-0.05, 0) is 48.1 Å². The molecule has 0 aliphatic rings. The Morgan fingerprint density at radius 3 is 2.48 bits per heavy atom. The molecule has 0 aliphatic carbocycles. The number of nitrogens with one attached hydrogen (secondary N) is 2. The van der Waals surface area contributed by atoms with Crippen LogP contribution >= 0.6 is 11.3 Å². The summed E-state index contributed by atoms with van der Waals surface area (Å²) in [7, 11) is 0. The number of nitrogens with zero attached hydrogens (tertiary/aromatic N) is 2. The van der Waals surface area contributed by atoms with Crippen LogP contribution in [0.15, 0.2) is 66.3 Å². The number of carbonyl (C=O) groups is 2. The SMILES string of the molecule is Cc1cccn2cc(-c3ccc(NC(=O)C(NC(=O)c4cccs4)C(C)C)cc3)nc12. The predicted molar refractivity (Wildman–Crippen MR) is 124 cm³/mol. The second kappa shape index (κ2) is 8.73. The van der Waals surface area contributed by atoms with Crippen molar-refractivity contribution in [2.45, 2.75) is 26.8 Å². The molecule has 0 radical (unpaired) electrons. The number of anilines is 1. The molecule has 1 unspecified atom stereocenters. The second-order valence-electron chi connectivity index (χ2n) is 7.79. The van der Waals surface area contributed by atoms with Crippen molar-refractivity contribution in [1.82, 2.24) is 14.7 Å². The lowest BCUT2D eigenvalue weighted by Gasteiger charge is -2.21. The fourth-order valence-corrected chi connectivity index (χ4v) is 4.02. The molecule has 0 spiro atoms. The van der Waals surface area contributed by atoms with E-state index in [1.54, 1.807) is 6.07 Å². The largest absolute Gasteiger partial charge is 0.339 e. The van der Waals surface area contributed by atoms with Gasteiger partial charge in [-0.25, -0.2) is 4.98 Å². The van der Waals surface area contributed by atoms with E-state index in [9.17, 15) is 9.59 Å². The number of rotatable bonds is 6. The molecule has 0 saturated heterocycles. The van der Waals surface area contributed by atoms with Crippen molar-refractivity contribution in [3.05, 3.63) is 76.7 Å². The third-order valence-electron chi connectivity index (χ3n) is 5.11. The Bertz CT molecular complexity index is 1210. The number of imidazole rings is 1. The van der Waals surface area contributed by atoms with Gasteiger partial charge in [-0.2, -0.15) is 0 Å². The first kappa shape index (κ1) is 20.8. The summed E-state index contributed by atoms with van der Waals surface area (Å²) in [6.07, 6.45) is 3.97. The van der Waals surface area contributed by atoms with Crippen LogP contribution in [0.1, 0.15) is 29.1 Å². The van der Waals surface area contributed by atoms with E-state index >= 15 is 0 Å². The molecular weight excluding hydrogens is 408 g/mol. The van der Waals surface area contributed by atoms with Crippen molar-refractivity contribution in [1.29, 1.82) is 0 Å². The van der Waals surface area contributed by atoms with Gasteiger partial charge in [0, 0.05) is 23.6 Å². The van der Waals surface area contributed by atoms with Gasteiger partial charge >= 0.3 is 0 Å². The molecule has 158 valence electrons. The molecule has 4 rings (SSSR count). The Balaban J connectivity index is 1.47. The van der Waals surface area contributed by atoms with Crippen LogP contribution in [0, 0.1) is 12.8 Å². The summed E-state index contributed by atoms with van der Waals surface area (Å²) >= 11 is 1.35. The smallest absolute Gasteiger partial charge is 0.262 e. The minimum absolute atomic E-state index is 0.0515. The molecule has 31 heavy (non-hydrogen) atoms.